The summed E-state index contributed by atoms with van der Waals surface area (Å²) in [4.78, 5) is 27.9. The highest BCUT2D eigenvalue weighted by molar-refractivity contribution is 7.85. The molecule has 3 saturated heterocycles. The van der Waals surface area contributed by atoms with Crippen LogP contribution >= 0.6 is 11.6 Å². The minimum Gasteiger partial charge on any atom is -0.356 e. The first-order chi connectivity index (χ1) is 19.3. The second kappa shape index (κ2) is 11.2. The van der Waals surface area contributed by atoms with E-state index in [1.165, 1.54) is 6.42 Å². The molecule has 1 N–H and O–H groups in total. The van der Waals surface area contributed by atoms with Crippen LogP contribution in [0.15, 0.2) is 30.3 Å². The number of likely N-dealkylation sites (N-methyl/N-ethyl adjacent to an activating group) is 1. The van der Waals surface area contributed by atoms with Gasteiger partial charge >= 0.3 is 0 Å². The fourth-order valence-corrected chi connectivity index (χ4v) is 6.66. The summed E-state index contributed by atoms with van der Waals surface area (Å²) in [5, 5.41) is 5.57. The van der Waals surface area contributed by atoms with Crippen LogP contribution in [0.1, 0.15) is 54.2 Å². The number of hydrogen-bond acceptors (Lipinski definition) is 7. The molecule has 2 aromatic heterocycles. The summed E-state index contributed by atoms with van der Waals surface area (Å²) in [6.45, 7) is 4.57. The number of carbonyl (C=O) groups excluding carboxylic acids is 1. The third kappa shape index (κ3) is 5.26. The zero-order valence-electron chi connectivity index (χ0n) is 23.3. The number of rotatable bonds is 7. The van der Waals surface area contributed by atoms with E-state index in [0.29, 0.717) is 28.9 Å². The lowest BCUT2D eigenvalue weighted by Crippen LogP contribution is -2.39. The summed E-state index contributed by atoms with van der Waals surface area (Å²) in [6.07, 6.45) is 6.58. The van der Waals surface area contributed by atoms with Crippen LogP contribution in [0.4, 0.5) is 17.3 Å². The zero-order valence-corrected chi connectivity index (χ0v) is 24.9. The van der Waals surface area contributed by atoms with Crippen molar-refractivity contribution in [2.75, 3.05) is 67.6 Å². The van der Waals surface area contributed by atoms with Crippen molar-refractivity contribution in [3.05, 3.63) is 46.6 Å². The second-order valence-electron chi connectivity index (χ2n) is 11.3. The molecule has 3 aliphatic heterocycles. The average molecular weight is 585 g/mol. The van der Waals surface area contributed by atoms with Gasteiger partial charge in [-0.15, -0.1) is 0 Å². The summed E-state index contributed by atoms with van der Waals surface area (Å²) in [5.41, 5.74) is 2.60. The Balaban J connectivity index is 1.37. The van der Waals surface area contributed by atoms with Crippen molar-refractivity contribution in [3.63, 3.8) is 0 Å². The van der Waals surface area contributed by atoms with Crippen LogP contribution in [0, 0.1) is 0 Å². The van der Waals surface area contributed by atoms with Gasteiger partial charge in [-0.25, -0.2) is 9.19 Å². The molecule has 3 aromatic rings. The van der Waals surface area contributed by atoms with E-state index in [1.54, 1.807) is 24.5 Å². The third-order valence-electron chi connectivity index (χ3n) is 8.38. The number of nitrogens with one attached hydrogen (secondary N) is 1. The number of amides is 1. The van der Waals surface area contributed by atoms with Gasteiger partial charge in [-0.1, -0.05) is 11.6 Å². The van der Waals surface area contributed by atoms with Gasteiger partial charge in [0.15, 0.2) is 5.65 Å². The molecule has 0 bridgehead atoms. The summed E-state index contributed by atoms with van der Waals surface area (Å²) in [7, 11) is 2.96. The number of carbonyl (C=O) groups is 1. The molecule has 214 valence electrons. The van der Waals surface area contributed by atoms with E-state index in [1.807, 2.05) is 9.42 Å². The number of anilines is 3. The van der Waals surface area contributed by atoms with Gasteiger partial charge in [-0.3, -0.25) is 4.79 Å². The first-order valence-electron chi connectivity index (χ1n) is 14.1. The number of fused-ring (bicyclic) bond motifs is 1. The highest BCUT2D eigenvalue weighted by Crippen LogP contribution is 2.36. The van der Waals surface area contributed by atoms with Gasteiger partial charge in [0.25, 0.3) is 5.91 Å². The molecule has 5 heterocycles. The van der Waals surface area contributed by atoms with Gasteiger partial charge in [0.05, 0.1) is 23.0 Å². The maximum Gasteiger partial charge on any atom is 0.256 e. The molecular formula is C28H37ClN8O2S. The first kappa shape index (κ1) is 27.3. The maximum absolute atomic E-state index is 14.0. The van der Waals surface area contributed by atoms with Crippen LogP contribution in [-0.2, 0) is 11.0 Å². The molecule has 40 heavy (non-hydrogen) atoms. The van der Waals surface area contributed by atoms with Crippen LogP contribution < -0.4 is 14.5 Å². The van der Waals surface area contributed by atoms with Crippen molar-refractivity contribution in [2.24, 2.45) is 0 Å². The van der Waals surface area contributed by atoms with Gasteiger partial charge in [-0.2, -0.15) is 9.61 Å². The van der Waals surface area contributed by atoms with Crippen LogP contribution in [0.25, 0.3) is 5.65 Å². The van der Waals surface area contributed by atoms with Gasteiger partial charge in [0.1, 0.15) is 22.6 Å². The minimum atomic E-state index is -1.32. The van der Waals surface area contributed by atoms with E-state index in [4.69, 9.17) is 21.7 Å². The number of halogens is 1. The Labute approximate surface area is 242 Å². The lowest BCUT2D eigenvalue weighted by molar-refractivity contribution is 0.0607. The van der Waals surface area contributed by atoms with Gasteiger partial charge in [-0.05, 0) is 64.4 Å². The van der Waals surface area contributed by atoms with Crippen molar-refractivity contribution < 1.29 is 9.00 Å². The molecule has 1 amide bonds. The van der Waals surface area contributed by atoms with Crippen molar-refractivity contribution in [1.29, 1.82) is 0 Å². The summed E-state index contributed by atoms with van der Waals surface area (Å²) < 4.78 is 16.8. The van der Waals surface area contributed by atoms with Gasteiger partial charge in [0, 0.05) is 62.2 Å². The quantitative estimate of drug-likeness (QED) is 0.452. The van der Waals surface area contributed by atoms with E-state index < -0.39 is 11.0 Å². The Morgan fingerprint density at radius 3 is 2.58 bits per heavy atom. The van der Waals surface area contributed by atoms with Gasteiger partial charge < -0.3 is 24.3 Å². The average Bonchev–Trinajstić information content (AvgIpc) is 3.56. The summed E-state index contributed by atoms with van der Waals surface area (Å²) in [5.74, 6) is 1.91. The highest BCUT2D eigenvalue weighted by Gasteiger charge is 2.33. The molecular weight excluding hydrogens is 548 g/mol. The zero-order chi connectivity index (χ0) is 28.0. The topological polar surface area (TPSA) is 89.3 Å². The van der Waals surface area contributed by atoms with E-state index in [9.17, 15) is 9.00 Å². The fourth-order valence-electron chi connectivity index (χ4n) is 6.00. The normalized spacial score (nSPS) is 22.2. The number of benzene rings is 1. The number of hydrogen-bond donors (Lipinski definition) is 1. The Morgan fingerprint density at radius 2 is 1.88 bits per heavy atom. The number of likely N-dealkylation sites (tertiary alicyclic amines) is 1. The van der Waals surface area contributed by atoms with Gasteiger partial charge in [0.2, 0.25) is 0 Å². The number of nitrogens with zero attached hydrogens (tertiary/aromatic N) is 7. The minimum absolute atomic E-state index is 0.139. The van der Waals surface area contributed by atoms with E-state index in [0.717, 1.165) is 74.8 Å². The number of piperidine rings is 1. The van der Waals surface area contributed by atoms with E-state index in [-0.39, 0.29) is 11.9 Å². The van der Waals surface area contributed by atoms with Crippen LogP contribution in [-0.4, -0.2) is 93.6 Å². The lowest BCUT2D eigenvalue weighted by Gasteiger charge is -2.35. The predicted molar refractivity (Wildman–Crippen MR) is 161 cm³/mol. The molecule has 6 rings (SSSR count). The predicted octanol–water partition coefficient (Wildman–Crippen LogP) is 3.81. The molecule has 0 saturated carbocycles. The molecule has 3 fully saturated rings. The Hall–Kier alpha value is -2.89. The van der Waals surface area contributed by atoms with Crippen molar-refractivity contribution in [1.82, 2.24) is 24.4 Å². The van der Waals surface area contributed by atoms with Crippen molar-refractivity contribution in [2.45, 2.75) is 44.2 Å². The fraction of sp³-hybridized carbons (Fsp3) is 0.536. The first-order valence-corrected chi connectivity index (χ1v) is 16.0. The molecule has 1 aromatic carbocycles. The second-order valence-corrected chi connectivity index (χ2v) is 12.8. The molecule has 0 aliphatic carbocycles. The van der Waals surface area contributed by atoms with Crippen LogP contribution in [0.2, 0.25) is 5.02 Å². The SMILES string of the molecule is CN(C)[C@@H]1CCN(c2cc(N3CCC3)nc3cc([C@@H]4CCCCN4C(=O)c4cc(Cl)ccc4NS(C)=O)nn23)C1. The standard InChI is InChI=1S/C28H37ClN8O2S/c1-33(2)20-10-14-35(18-20)27-17-25(34-11-6-12-34)30-26-16-23(31-37(26)27)24-7-4-5-13-36(24)28(38)21-15-19(29)8-9-22(21)32-40(3)39/h8-9,15-17,20,24,32H,4-7,10-14,18H2,1-3H3/t20-,24+,40?/m1/s1. The molecule has 1 unspecified atom stereocenters. The Kier molecular flexibility index (Phi) is 7.62. The number of aromatic nitrogens is 3. The van der Waals surface area contributed by atoms with Crippen LogP contribution in [0.5, 0.6) is 0 Å². The smallest absolute Gasteiger partial charge is 0.256 e. The highest BCUT2D eigenvalue weighted by atomic mass is 35.5. The summed E-state index contributed by atoms with van der Waals surface area (Å²) >= 11 is 6.30. The monoisotopic (exact) mass is 584 g/mol. The van der Waals surface area contributed by atoms with Crippen molar-refractivity contribution in [3.8, 4) is 0 Å². The molecule has 0 radical (unpaired) electrons. The Bertz CT molecular complexity index is 1440. The molecule has 3 aliphatic rings. The lowest BCUT2D eigenvalue weighted by atomic mass is 9.98. The van der Waals surface area contributed by atoms with E-state index in [2.05, 4.69) is 45.6 Å². The molecule has 0 spiro atoms. The Morgan fingerprint density at radius 1 is 1.05 bits per heavy atom. The molecule has 10 nitrogen and oxygen atoms in total. The largest absolute Gasteiger partial charge is 0.356 e. The summed E-state index contributed by atoms with van der Waals surface area (Å²) in [6, 6.07) is 9.62. The molecule has 3 atom stereocenters. The van der Waals surface area contributed by atoms with Crippen molar-refractivity contribution >= 4 is 51.5 Å². The third-order valence-corrected chi connectivity index (χ3v) is 9.12. The molecule has 12 heteroatoms. The van der Waals surface area contributed by atoms with E-state index >= 15 is 0 Å². The maximum atomic E-state index is 14.0. The van der Waals surface area contributed by atoms with Crippen LogP contribution in [0.3, 0.4) is 0 Å².